The Morgan fingerprint density at radius 3 is 2.50 bits per heavy atom. The smallest absolute Gasteiger partial charge is 0.308 e. The van der Waals surface area contributed by atoms with Gasteiger partial charge in [0.2, 0.25) is 15.9 Å². The maximum Gasteiger partial charge on any atom is 0.308 e. The number of nitrogens with zero attached hydrogens (tertiary/aromatic N) is 2. The Morgan fingerprint density at radius 1 is 1.07 bits per heavy atom. The van der Waals surface area contributed by atoms with E-state index < -0.39 is 10.0 Å². The minimum atomic E-state index is -3.55. The highest BCUT2D eigenvalue weighted by molar-refractivity contribution is 7.89. The van der Waals surface area contributed by atoms with Gasteiger partial charge >= 0.3 is 4.87 Å². The van der Waals surface area contributed by atoms with Crippen LogP contribution in [0.1, 0.15) is 12.8 Å². The van der Waals surface area contributed by atoms with Gasteiger partial charge in [0.25, 0.3) is 0 Å². The summed E-state index contributed by atoms with van der Waals surface area (Å²) < 4.78 is 28.9. The first-order valence-electron chi connectivity index (χ1n) is 8.93. The average molecular weight is 418 g/mol. The number of amides is 1. The summed E-state index contributed by atoms with van der Waals surface area (Å²) in [6.45, 7) is 0.917. The van der Waals surface area contributed by atoms with Gasteiger partial charge in [-0.3, -0.25) is 14.2 Å². The lowest BCUT2D eigenvalue weighted by Gasteiger charge is -2.15. The third-order valence-corrected chi connectivity index (χ3v) is 7.54. The molecular weight excluding hydrogens is 398 g/mol. The lowest BCUT2D eigenvalue weighted by Crippen LogP contribution is -2.27. The predicted molar refractivity (Wildman–Crippen MR) is 109 cm³/mol. The van der Waals surface area contributed by atoms with Crippen LogP contribution in [-0.2, 0) is 21.4 Å². The Hall–Kier alpha value is -2.49. The SMILES string of the molecule is O=C(Cn1c(=O)sc2cc(S(=O)(=O)N3CCCC3)ccc21)Nc1ccccc1. The van der Waals surface area contributed by atoms with E-state index in [1.807, 2.05) is 18.2 Å². The van der Waals surface area contributed by atoms with Gasteiger partial charge in [0.1, 0.15) is 6.54 Å². The molecule has 1 saturated heterocycles. The molecule has 3 aromatic rings. The van der Waals surface area contributed by atoms with Gasteiger partial charge in [0.05, 0.1) is 15.1 Å². The minimum absolute atomic E-state index is 0.133. The van der Waals surface area contributed by atoms with Crippen LogP contribution in [0, 0.1) is 0 Å². The van der Waals surface area contributed by atoms with Gasteiger partial charge in [0, 0.05) is 18.8 Å². The fraction of sp³-hybridized carbons (Fsp3) is 0.263. The van der Waals surface area contributed by atoms with Crippen molar-refractivity contribution < 1.29 is 13.2 Å². The van der Waals surface area contributed by atoms with Crippen molar-refractivity contribution >= 4 is 43.2 Å². The number of thiazole rings is 1. The first-order valence-corrected chi connectivity index (χ1v) is 11.2. The van der Waals surface area contributed by atoms with E-state index in [1.165, 1.54) is 21.0 Å². The number of para-hydroxylation sites is 1. The minimum Gasteiger partial charge on any atom is -0.325 e. The standard InChI is InChI=1S/C19H19N3O4S2/c23-18(20-14-6-2-1-3-7-14)13-22-16-9-8-15(12-17(16)27-19(22)24)28(25,26)21-10-4-5-11-21/h1-3,6-9,12H,4-5,10-11,13H2,(H,20,23). The van der Waals surface area contributed by atoms with Crippen LogP contribution in [0.25, 0.3) is 10.2 Å². The first-order chi connectivity index (χ1) is 13.4. The average Bonchev–Trinajstić information content (AvgIpc) is 3.31. The summed E-state index contributed by atoms with van der Waals surface area (Å²) in [5.74, 6) is -0.318. The number of hydrogen-bond donors (Lipinski definition) is 1. The molecule has 1 aliphatic rings. The fourth-order valence-electron chi connectivity index (χ4n) is 3.30. The second-order valence-corrected chi connectivity index (χ2v) is 9.54. The molecule has 0 spiro atoms. The van der Waals surface area contributed by atoms with E-state index in [4.69, 9.17) is 0 Å². The summed E-state index contributed by atoms with van der Waals surface area (Å²) in [4.78, 5) is 24.6. The Kier molecular flexibility index (Phi) is 5.05. The molecule has 1 aliphatic heterocycles. The van der Waals surface area contributed by atoms with Crippen molar-refractivity contribution in [3.05, 3.63) is 58.2 Å². The highest BCUT2D eigenvalue weighted by Gasteiger charge is 2.27. The largest absolute Gasteiger partial charge is 0.325 e. The zero-order chi connectivity index (χ0) is 19.7. The van der Waals surface area contributed by atoms with Gasteiger partial charge < -0.3 is 5.32 Å². The first kappa shape index (κ1) is 18.9. The highest BCUT2D eigenvalue weighted by Crippen LogP contribution is 2.26. The number of carbonyl (C=O) groups excluding carboxylic acids is 1. The zero-order valence-corrected chi connectivity index (χ0v) is 16.6. The van der Waals surface area contributed by atoms with Crippen LogP contribution >= 0.6 is 11.3 Å². The van der Waals surface area contributed by atoms with Crippen LogP contribution in [0.5, 0.6) is 0 Å². The lowest BCUT2D eigenvalue weighted by molar-refractivity contribution is -0.116. The summed E-state index contributed by atoms with van der Waals surface area (Å²) in [5, 5.41) is 2.75. The van der Waals surface area contributed by atoms with E-state index in [0.29, 0.717) is 29.0 Å². The molecule has 146 valence electrons. The van der Waals surface area contributed by atoms with Gasteiger partial charge in [-0.15, -0.1) is 0 Å². The van der Waals surface area contributed by atoms with Crippen molar-refractivity contribution in [1.82, 2.24) is 8.87 Å². The van der Waals surface area contributed by atoms with Gasteiger partial charge in [0.15, 0.2) is 0 Å². The van der Waals surface area contributed by atoms with E-state index in [1.54, 1.807) is 18.2 Å². The maximum absolute atomic E-state index is 12.7. The normalized spacial score (nSPS) is 15.1. The number of anilines is 1. The van der Waals surface area contributed by atoms with Crippen molar-refractivity contribution in [2.24, 2.45) is 0 Å². The number of fused-ring (bicyclic) bond motifs is 1. The van der Waals surface area contributed by atoms with Crippen molar-refractivity contribution in [2.45, 2.75) is 24.3 Å². The van der Waals surface area contributed by atoms with E-state index in [-0.39, 0.29) is 22.2 Å². The molecule has 0 unspecified atom stereocenters. The molecule has 0 radical (unpaired) electrons. The second-order valence-electron chi connectivity index (χ2n) is 6.61. The Labute approximate surface area is 166 Å². The topological polar surface area (TPSA) is 88.5 Å². The zero-order valence-electron chi connectivity index (χ0n) is 15.0. The molecule has 28 heavy (non-hydrogen) atoms. The third kappa shape index (κ3) is 3.60. The highest BCUT2D eigenvalue weighted by atomic mass is 32.2. The number of aromatic nitrogens is 1. The Morgan fingerprint density at radius 2 is 1.79 bits per heavy atom. The van der Waals surface area contributed by atoms with E-state index in [9.17, 15) is 18.0 Å². The lowest BCUT2D eigenvalue weighted by atomic mass is 10.3. The molecule has 1 fully saturated rings. The molecule has 2 heterocycles. The molecule has 1 amide bonds. The third-order valence-electron chi connectivity index (χ3n) is 4.70. The number of rotatable bonds is 5. The molecule has 2 aromatic carbocycles. The number of sulfonamides is 1. The molecule has 1 aromatic heterocycles. The molecule has 0 aliphatic carbocycles. The molecule has 0 atom stereocenters. The van der Waals surface area contributed by atoms with Crippen LogP contribution in [0.3, 0.4) is 0 Å². The maximum atomic E-state index is 12.7. The summed E-state index contributed by atoms with van der Waals surface area (Å²) >= 11 is 0.944. The van der Waals surface area contributed by atoms with Crippen LogP contribution in [0.4, 0.5) is 5.69 Å². The summed E-state index contributed by atoms with van der Waals surface area (Å²) in [5.41, 5.74) is 1.21. The number of hydrogen-bond acceptors (Lipinski definition) is 5. The van der Waals surface area contributed by atoms with Crippen LogP contribution in [0.15, 0.2) is 58.2 Å². The molecule has 4 rings (SSSR count). The summed E-state index contributed by atoms with van der Waals surface area (Å²) in [6, 6.07) is 13.6. The van der Waals surface area contributed by atoms with Gasteiger partial charge in [-0.25, -0.2) is 8.42 Å². The summed E-state index contributed by atoms with van der Waals surface area (Å²) in [6.07, 6.45) is 1.73. The van der Waals surface area contributed by atoms with Crippen molar-refractivity contribution in [3.63, 3.8) is 0 Å². The summed E-state index contributed by atoms with van der Waals surface area (Å²) in [7, 11) is -3.55. The van der Waals surface area contributed by atoms with Crippen LogP contribution in [0.2, 0.25) is 0 Å². The van der Waals surface area contributed by atoms with Crippen LogP contribution < -0.4 is 10.2 Å². The quantitative estimate of drug-likeness (QED) is 0.691. The van der Waals surface area contributed by atoms with E-state index in [2.05, 4.69) is 5.32 Å². The number of carbonyl (C=O) groups is 1. The molecule has 0 bridgehead atoms. The fourth-order valence-corrected chi connectivity index (χ4v) is 5.85. The Balaban J connectivity index is 1.61. The molecule has 1 N–H and O–H groups in total. The molecular formula is C19H19N3O4S2. The second kappa shape index (κ2) is 7.50. The van der Waals surface area contributed by atoms with Crippen molar-refractivity contribution in [3.8, 4) is 0 Å². The van der Waals surface area contributed by atoms with Gasteiger partial charge in [-0.1, -0.05) is 29.5 Å². The molecule has 9 heteroatoms. The molecule has 7 nitrogen and oxygen atoms in total. The van der Waals surface area contributed by atoms with Crippen molar-refractivity contribution in [2.75, 3.05) is 18.4 Å². The monoisotopic (exact) mass is 417 g/mol. The van der Waals surface area contributed by atoms with Crippen molar-refractivity contribution in [1.29, 1.82) is 0 Å². The van der Waals surface area contributed by atoms with Gasteiger partial charge in [-0.2, -0.15) is 4.31 Å². The predicted octanol–water partition coefficient (Wildman–Crippen LogP) is 2.49. The van der Waals surface area contributed by atoms with Crippen LogP contribution in [-0.4, -0.2) is 36.3 Å². The number of benzene rings is 2. The van der Waals surface area contributed by atoms with E-state index >= 15 is 0 Å². The molecule has 0 saturated carbocycles. The number of nitrogens with one attached hydrogen (secondary N) is 1. The van der Waals surface area contributed by atoms with E-state index in [0.717, 1.165) is 24.2 Å². The Bertz CT molecular complexity index is 1180. The van der Waals surface area contributed by atoms with Gasteiger partial charge in [-0.05, 0) is 43.2 Å².